The Morgan fingerprint density at radius 3 is 2.89 bits per heavy atom. The maximum absolute atomic E-state index is 5.52. The first-order valence-electron chi connectivity index (χ1n) is 6.90. The fourth-order valence-electron chi connectivity index (χ4n) is 2.78. The number of hydrogen-bond acceptors (Lipinski definition) is 5. The number of piperidine rings is 1. The van der Waals surface area contributed by atoms with Gasteiger partial charge < -0.3 is 14.6 Å². The molecule has 5 nitrogen and oxygen atoms in total. The van der Waals surface area contributed by atoms with E-state index in [9.17, 15) is 0 Å². The van der Waals surface area contributed by atoms with E-state index in [1.807, 2.05) is 0 Å². The zero-order chi connectivity index (χ0) is 12.4. The first kappa shape index (κ1) is 12.1. The average Bonchev–Trinajstić information content (AvgIpc) is 2.91. The summed E-state index contributed by atoms with van der Waals surface area (Å²) in [5, 5.41) is 7.54. The van der Waals surface area contributed by atoms with Crippen molar-refractivity contribution in [3.05, 3.63) is 11.7 Å². The minimum Gasteiger partial charge on any atom is -0.381 e. The lowest BCUT2D eigenvalue weighted by molar-refractivity contribution is 0.0773. The topological polar surface area (TPSA) is 60.2 Å². The highest BCUT2D eigenvalue weighted by Gasteiger charge is 2.35. The van der Waals surface area contributed by atoms with Crippen molar-refractivity contribution in [1.82, 2.24) is 15.5 Å². The van der Waals surface area contributed by atoms with Crippen molar-refractivity contribution in [1.29, 1.82) is 0 Å². The number of ether oxygens (including phenoxy) is 1. The van der Waals surface area contributed by atoms with Gasteiger partial charge in [-0.25, -0.2) is 0 Å². The summed E-state index contributed by atoms with van der Waals surface area (Å²) in [6, 6.07) is 0. The molecule has 0 aromatic carbocycles. The maximum Gasteiger partial charge on any atom is 0.232 e. The summed E-state index contributed by atoms with van der Waals surface area (Å²) < 4.78 is 11.0. The van der Waals surface area contributed by atoms with Gasteiger partial charge in [0.15, 0.2) is 5.82 Å². The van der Waals surface area contributed by atoms with Gasteiger partial charge in [-0.1, -0.05) is 12.1 Å². The molecule has 18 heavy (non-hydrogen) atoms. The molecule has 1 atom stereocenters. The molecule has 1 aromatic heterocycles. The van der Waals surface area contributed by atoms with Crippen LogP contribution in [0.3, 0.4) is 0 Å². The van der Waals surface area contributed by atoms with Gasteiger partial charge in [-0.05, 0) is 38.8 Å². The zero-order valence-corrected chi connectivity index (χ0v) is 10.9. The van der Waals surface area contributed by atoms with E-state index in [0.29, 0.717) is 5.92 Å². The van der Waals surface area contributed by atoms with Gasteiger partial charge in [-0.2, -0.15) is 4.98 Å². The third-order valence-electron chi connectivity index (χ3n) is 4.19. The first-order valence-corrected chi connectivity index (χ1v) is 6.90. The molecule has 2 aliphatic rings. The molecule has 2 saturated heterocycles. The largest absolute Gasteiger partial charge is 0.381 e. The summed E-state index contributed by atoms with van der Waals surface area (Å²) in [5.74, 6) is 1.97. The second-order valence-corrected chi connectivity index (χ2v) is 5.68. The van der Waals surface area contributed by atoms with E-state index in [1.165, 1.54) is 0 Å². The fourth-order valence-corrected chi connectivity index (χ4v) is 2.78. The van der Waals surface area contributed by atoms with E-state index in [-0.39, 0.29) is 5.41 Å². The minimum absolute atomic E-state index is 0.0476. The van der Waals surface area contributed by atoms with Crippen LogP contribution in [0.2, 0.25) is 0 Å². The molecule has 0 saturated carbocycles. The highest BCUT2D eigenvalue weighted by atomic mass is 16.5. The van der Waals surface area contributed by atoms with Crippen LogP contribution in [-0.2, 0) is 10.2 Å². The maximum atomic E-state index is 5.52. The second-order valence-electron chi connectivity index (χ2n) is 5.68. The summed E-state index contributed by atoms with van der Waals surface area (Å²) in [6.45, 7) is 5.88. The molecule has 2 fully saturated rings. The van der Waals surface area contributed by atoms with E-state index in [0.717, 1.165) is 63.7 Å². The Hall–Kier alpha value is -0.940. The van der Waals surface area contributed by atoms with Gasteiger partial charge >= 0.3 is 0 Å². The van der Waals surface area contributed by atoms with Crippen LogP contribution in [0.5, 0.6) is 0 Å². The van der Waals surface area contributed by atoms with Gasteiger partial charge in [-0.3, -0.25) is 0 Å². The Balaban J connectivity index is 1.75. The summed E-state index contributed by atoms with van der Waals surface area (Å²) in [5.41, 5.74) is 0.0476. The molecule has 1 unspecified atom stereocenters. The molecular weight excluding hydrogens is 230 g/mol. The van der Waals surface area contributed by atoms with Crippen LogP contribution < -0.4 is 5.32 Å². The molecule has 0 radical (unpaired) electrons. The molecule has 1 N–H and O–H groups in total. The summed E-state index contributed by atoms with van der Waals surface area (Å²) in [7, 11) is 0. The van der Waals surface area contributed by atoms with Gasteiger partial charge in [0, 0.05) is 17.9 Å². The van der Waals surface area contributed by atoms with Gasteiger partial charge in [-0.15, -0.1) is 0 Å². The van der Waals surface area contributed by atoms with E-state index in [4.69, 9.17) is 9.26 Å². The van der Waals surface area contributed by atoms with Crippen molar-refractivity contribution >= 4 is 0 Å². The molecule has 0 amide bonds. The molecular formula is C13H21N3O2. The number of hydrogen-bond donors (Lipinski definition) is 1. The Bertz CT molecular complexity index is 393. The molecule has 5 heteroatoms. The Labute approximate surface area is 107 Å². The number of aromatic nitrogens is 2. The van der Waals surface area contributed by atoms with Gasteiger partial charge in [0.25, 0.3) is 0 Å². The lowest BCUT2D eigenvalue weighted by Crippen LogP contribution is -2.37. The van der Waals surface area contributed by atoms with E-state index in [2.05, 4.69) is 22.4 Å². The van der Waals surface area contributed by atoms with Crippen LogP contribution in [0, 0.1) is 0 Å². The summed E-state index contributed by atoms with van der Waals surface area (Å²) in [6.07, 6.45) is 4.33. The molecule has 0 aliphatic carbocycles. The molecule has 100 valence electrons. The average molecular weight is 251 g/mol. The third kappa shape index (κ3) is 2.29. The van der Waals surface area contributed by atoms with Crippen LogP contribution in [-0.4, -0.2) is 36.4 Å². The zero-order valence-electron chi connectivity index (χ0n) is 10.9. The Morgan fingerprint density at radius 1 is 1.33 bits per heavy atom. The van der Waals surface area contributed by atoms with Gasteiger partial charge in [0.1, 0.15) is 0 Å². The van der Waals surface area contributed by atoms with Gasteiger partial charge in [0.05, 0.1) is 6.61 Å². The van der Waals surface area contributed by atoms with Crippen LogP contribution >= 0.6 is 0 Å². The lowest BCUT2D eigenvalue weighted by atomic mass is 9.81. The predicted molar refractivity (Wildman–Crippen MR) is 66.5 cm³/mol. The Morgan fingerprint density at radius 2 is 2.17 bits per heavy atom. The van der Waals surface area contributed by atoms with Crippen molar-refractivity contribution < 1.29 is 9.26 Å². The highest BCUT2D eigenvalue weighted by Crippen LogP contribution is 2.33. The van der Waals surface area contributed by atoms with E-state index in [1.54, 1.807) is 0 Å². The van der Waals surface area contributed by atoms with Crippen LogP contribution in [0.1, 0.15) is 50.2 Å². The molecule has 1 aromatic rings. The van der Waals surface area contributed by atoms with E-state index >= 15 is 0 Å². The number of rotatable bonds is 2. The first-order chi connectivity index (χ1) is 8.78. The van der Waals surface area contributed by atoms with Crippen molar-refractivity contribution in [2.24, 2.45) is 0 Å². The molecule has 3 heterocycles. The SMILES string of the molecule is CC1(c2nc(C3CCCOC3)no2)CCNCC1. The Kier molecular flexibility index (Phi) is 3.35. The molecule has 0 bridgehead atoms. The van der Waals surface area contributed by atoms with Crippen molar-refractivity contribution in [3.8, 4) is 0 Å². The highest BCUT2D eigenvalue weighted by molar-refractivity contribution is 5.07. The number of nitrogens with zero attached hydrogens (tertiary/aromatic N) is 2. The number of nitrogens with one attached hydrogen (secondary N) is 1. The minimum atomic E-state index is 0.0476. The van der Waals surface area contributed by atoms with Crippen LogP contribution in [0.25, 0.3) is 0 Å². The standard InChI is InChI=1S/C13H21N3O2/c1-13(4-6-14-7-5-13)12-15-11(16-18-12)10-3-2-8-17-9-10/h10,14H,2-9H2,1H3. The lowest BCUT2D eigenvalue weighted by Gasteiger charge is -2.30. The molecule has 3 rings (SSSR count). The molecule has 2 aliphatic heterocycles. The van der Waals surface area contributed by atoms with Crippen LogP contribution in [0.15, 0.2) is 4.52 Å². The quantitative estimate of drug-likeness (QED) is 0.865. The monoisotopic (exact) mass is 251 g/mol. The van der Waals surface area contributed by atoms with Crippen molar-refractivity contribution in [2.75, 3.05) is 26.3 Å². The summed E-state index contributed by atoms with van der Waals surface area (Å²) >= 11 is 0. The third-order valence-corrected chi connectivity index (χ3v) is 4.19. The smallest absolute Gasteiger partial charge is 0.232 e. The van der Waals surface area contributed by atoms with Crippen LogP contribution in [0.4, 0.5) is 0 Å². The molecule has 0 spiro atoms. The second kappa shape index (κ2) is 4.97. The predicted octanol–water partition coefficient (Wildman–Crippen LogP) is 1.60. The van der Waals surface area contributed by atoms with Crippen molar-refractivity contribution in [2.45, 2.75) is 43.9 Å². The summed E-state index contributed by atoms with van der Waals surface area (Å²) in [4.78, 5) is 4.64. The van der Waals surface area contributed by atoms with E-state index < -0.39 is 0 Å². The fraction of sp³-hybridized carbons (Fsp3) is 0.846. The van der Waals surface area contributed by atoms with Crippen molar-refractivity contribution in [3.63, 3.8) is 0 Å². The van der Waals surface area contributed by atoms with Gasteiger partial charge in [0.2, 0.25) is 5.89 Å². The normalized spacial score (nSPS) is 28.2.